The average molecular weight is 226 g/mol. The lowest BCUT2D eigenvalue weighted by Crippen LogP contribution is -2.35. The third-order valence-corrected chi connectivity index (χ3v) is 4.34. The Morgan fingerprint density at radius 2 is 2.47 bits per heavy atom. The summed E-state index contributed by atoms with van der Waals surface area (Å²) in [5, 5.41) is 4.52. The zero-order valence-electron chi connectivity index (χ0n) is 9.35. The summed E-state index contributed by atoms with van der Waals surface area (Å²) in [5.74, 6) is 0.962. The van der Waals surface area contributed by atoms with E-state index in [4.69, 9.17) is 4.52 Å². The molecular weight excluding hydrogens is 208 g/mol. The standard InChI is InChI=1S/C11H18N2OS/c1-13(8-9-6-7-12-14-9)10-4-3-5-11(10)15-2/h6-7,10-11H,3-5,8H2,1-2H3/t10-,11+/m1/s1. The Morgan fingerprint density at radius 3 is 3.13 bits per heavy atom. The summed E-state index contributed by atoms with van der Waals surface area (Å²) in [5.41, 5.74) is 0. The first-order valence-electron chi connectivity index (χ1n) is 5.44. The molecule has 0 bridgehead atoms. The molecule has 0 aromatic carbocycles. The SMILES string of the molecule is CS[C@H]1CCC[C@H]1N(C)Cc1ccno1. The quantitative estimate of drug-likeness (QED) is 0.788. The van der Waals surface area contributed by atoms with E-state index in [1.54, 1.807) is 6.20 Å². The van der Waals surface area contributed by atoms with E-state index in [1.165, 1.54) is 19.3 Å². The van der Waals surface area contributed by atoms with E-state index in [2.05, 4.69) is 23.4 Å². The molecule has 1 aliphatic carbocycles. The van der Waals surface area contributed by atoms with Gasteiger partial charge in [0.1, 0.15) is 0 Å². The Bertz CT molecular complexity index is 289. The minimum atomic E-state index is 0.699. The molecule has 3 nitrogen and oxygen atoms in total. The van der Waals surface area contributed by atoms with Gasteiger partial charge in [-0.15, -0.1) is 0 Å². The Labute approximate surface area is 95.2 Å². The van der Waals surface area contributed by atoms with Crippen molar-refractivity contribution in [2.45, 2.75) is 37.1 Å². The Balaban J connectivity index is 1.92. The van der Waals surface area contributed by atoms with Gasteiger partial charge in [0.2, 0.25) is 0 Å². The molecule has 0 aliphatic heterocycles. The van der Waals surface area contributed by atoms with Crippen LogP contribution in [0.2, 0.25) is 0 Å². The second kappa shape index (κ2) is 5.03. The monoisotopic (exact) mass is 226 g/mol. The molecule has 0 amide bonds. The van der Waals surface area contributed by atoms with E-state index >= 15 is 0 Å². The molecule has 0 radical (unpaired) electrons. The Morgan fingerprint density at radius 1 is 1.60 bits per heavy atom. The molecule has 2 rings (SSSR count). The molecule has 1 aliphatic rings. The van der Waals surface area contributed by atoms with Gasteiger partial charge in [-0.25, -0.2) is 0 Å². The van der Waals surface area contributed by atoms with E-state index < -0.39 is 0 Å². The van der Waals surface area contributed by atoms with Crippen molar-refractivity contribution in [1.82, 2.24) is 10.1 Å². The van der Waals surface area contributed by atoms with Crippen LogP contribution < -0.4 is 0 Å². The first-order chi connectivity index (χ1) is 7.31. The lowest BCUT2D eigenvalue weighted by atomic mass is 10.2. The van der Waals surface area contributed by atoms with E-state index in [1.807, 2.05) is 17.8 Å². The predicted molar refractivity (Wildman–Crippen MR) is 62.9 cm³/mol. The van der Waals surface area contributed by atoms with Gasteiger partial charge in [0.15, 0.2) is 5.76 Å². The summed E-state index contributed by atoms with van der Waals surface area (Å²) in [7, 11) is 2.18. The first kappa shape index (κ1) is 11.0. The van der Waals surface area contributed by atoms with E-state index in [0.29, 0.717) is 6.04 Å². The van der Waals surface area contributed by atoms with Gasteiger partial charge in [0.25, 0.3) is 0 Å². The van der Waals surface area contributed by atoms with Crippen molar-refractivity contribution < 1.29 is 4.52 Å². The molecule has 1 aromatic rings. The van der Waals surface area contributed by atoms with Crippen molar-refractivity contribution in [2.75, 3.05) is 13.3 Å². The zero-order chi connectivity index (χ0) is 10.7. The smallest absolute Gasteiger partial charge is 0.150 e. The fourth-order valence-corrected chi connectivity index (χ4v) is 3.43. The second-order valence-corrected chi connectivity index (χ2v) is 5.24. The van der Waals surface area contributed by atoms with Crippen LogP contribution in [0.4, 0.5) is 0 Å². The molecule has 0 saturated heterocycles. The highest BCUT2D eigenvalue weighted by Crippen LogP contribution is 2.32. The van der Waals surface area contributed by atoms with Gasteiger partial charge < -0.3 is 4.52 Å². The highest BCUT2D eigenvalue weighted by Gasteiger charge is 2.29. The van der Waals surface area contributed by atoms with Crippen LogP contribution in [-0.2, 0) is 6.54 Å². The maximum absolute atomic E-state index is 5.13. The van der Waals surface area contributed by atoms with Crippen LogP contribution in [0.1, 0.15) is 25.0 Å². The average Bonchev–Trinajstić information content (AvgIpc) is 2.86. The molecule has 1 fully saturated rings. The summed E-state index contributed by atoms with van der Waals surface area (Å²) in [4.78, 5) is 2.40. The zero-order valence-corrected chi connectivity index (χ0v) is 10.2. The minimum absolute atomic E-state index is 0.699. The molecule has 0 unspecified atom stereocenters. The minimum Gasteiger partial charge on any atom is -0.360 e. The van der Waals surface area contributed by atoms with Gasteiger partial charge in [-0.1, -0.05) is 11.6 Å². The molecule has 1 aromatic heterocycles. The third kappa shape index (κ3) is 2.55. The maximum atomic E-state index is 5.13. The second-order valence-electron chi connectivity index (χ2n) is 4.17. The topological polar surface area (TPSA) is 29.3 Å². The van der Waals surface area contributed by atoms with Crippen LogP contribution >= 0.6 is 11.8 Å². The summed E-state index contributed by atoms with van der Waals surface area (Å²) < 4.78 is 5.13. The Kier molecular flexibility index (Phi) is 3.70. The summed E-state index contributed by atoms with van der Waals surface area (Å²) in [6.45, 7) is 0.877. The number of aromatic nitrogens is 1. The molecule has 0 spiro atoms. The van der Waals surface area contributed by atoms with Crippen molar-refractivity contribution in [1.29, 1.82) is 0 Å². The van der Waals surface area contributed by atoms with Gasteiger partial charge in [-0.05, 0) is 26.1 Å². The van der Waals surface area contributed by atoms with Crippen LogP contribution in [0.5, 0.6) is 0 Å². The van der Waals surface area contributed by atoms with Gasteiger partial charge >= 0.3 is 0 Å². The molecule has 84 valence electrons. The number of hydrogen-bond acceptors (Lipinski definition) is 4. The molecular formula is C11H18N2OS. The lowest BCUT2D eigenvalue weighted by Gasteiger charge is -2.27. The maximum Gasteiger partial charge on any atom is 0.150 e. The lowest BCUT2D eigenvalue weighted by molar-refractivity contribution is 0.213. The van der Waals surface area contributed by atoms with Crippen molar-refractivity contribution in [3.05, 3.63) is 18.0 Å². The van der Waals surface area contributed by atoms with Crippen molar-refractivity contribution >= 4 is 11.8 Å². The highest BCUT2D eigenvalue weighted by molar-refractivity contribution is 7.99. The van der Waals surface area contributed by atoms with Crippen molar-refractivity contribution in [2.24, 2.45) is 0 Å². The van der Waals surface area contributed by atoms with Crippen LogP contribution in [0.3, 0.4) is 0 Å². The number of thioether (sulfide) groups is 1. The normalized spacial score (nSPS) is 26.3. The third-order valence-electron chi connectivity index (χ3n) is 3.18. The van der Waals surface area contributed by atoms with Crippen molar-refractivity contribution in [3.63, 3.8) is 0 Å². The van der Waals surface area contributed by atoms with Gasteiger partial charge in [0, 0.05) is 17.4 Å². The van der Waals surface area contributed by atoms with Gasteiger partial charge in [-0.2, -0.15) is 11.8 Å². The van der Waals surface area contributed by atoms with Crippen LogP contribution in [0, 0.1) is 0 Å². The predicted octanol–water partition coefficient (Wildman–Crippen LogP) is 2.39. The number of rotatable bonds is 4. The molecule has 1 heterocycles. The molecule has 4 heteroatoms. The van der Waals surface area contributed by atoms with Gasteiger partial charge in [0.05, 0.1) is 12.7 Å². The van der Waals surface area contributed by atoms with Gasteiger partial charge in [-0.3, -0.25) is 4.90 Å². The highest BCUT2D eigenvalue weighted by atomic mass is 32.2. The largest absolute Gasteiger partial charge is 0.360 e. The molecule has 2 atom stereocenters. The summed E-state index contributed by atoms with van der Waals surface area (Å²) in [6, 6.07) is 2.64. The van der Waals surface area contributed by atoms with Crippen LogP contribution in [0.25, 0.3) is 0 Å². The van der Waals surface area contributed by atoms with Crippen LogP contribution in [-0.4, -0.2) is 34.7 Å². The fourth-order valence-electron chi connectivity index (χ4n) is 2.37. The molecule has 15 heavy (non-hydrogen) atoms. The molecule has 0 N–H and O–H groups in total. The molecule has 1 saturated carbocycles. The van der Waals surface area contributed by atoms with E-state index in [0.717, 1.165) is 17.6 Å². The number of hydrogen-bond donors (Lipinski definition) is 0. The fraction of sp³-hybridized carbons (Fsp3) is 0.727. The first-order valence-corrected chi connectivity index (χ1v) is 6.72. The summed E-state index contributed by atoms with van der Waals surface area (Å²) in [6.07, 6.45) is 7.95. The van der Waals surface area contributed by atoms with Crippen LogP contribution in [0.15, 0.2) is 16.8 Å². The van der Waals surface area contributed by atoms with Crippen molar-refractivity contribution in [3.8, 4) is 0 Å². The Hall–Kier alpha value is -0.480. The van der Waals surface area contributed by atoms with E-state index in [-0.39, 0.29) is 0 Å². The van der Waals surface area contributed by atoms with E-state index in [9.17, 15) is 0 Å². The summed E-state index contributed by atoms with van der Waals surface area (Å²) >= 11 is 1.99. The number of nitrogens with zero attached hydrogens (tertiary/aromatic N) is 2.